The fourth-order valence-electron chi connectivity index (χ4n) is 2.50. The molecule has 1 heterocycles. The van der Waals surface area contributed by atoms with Crippen LogP contribution in [0.4, 0.5) is 5.69 Å². The molecule has 3 rings (SSSR count). The van der Waals surface area contributed by atoms with Gasteiger partial charge in [-0.1, -0.05) is 54.0 Å². The first-order valence-electron chi connectivity index (χ1n) is 6.86. The maximum absolute atomic E-state index is 2.45. The number of hydrogen-bond donors (Lipinski definition) is 0. The van der Waals surface area contributed by atoms with E-state index in [1.165, 1.54) is 11.2 Å². The predicted octanol–water partition coefficient (Wildman–Crippen LogP) is 1.75. The van der Waals surface area contributed by atoms with Crippen LogP contribution < -0.4 is 10.4 Å². The number of benzene rings is 2. The Kier molecular flexibility index (Phi) is 3.85. The third-order valence-electron chi connectivity index (χ3n) is 3.57. The van der Waals surface area contributed by atoms with Crippen molar-refractivity contribution < 1.29 is 0 Å². The minimum Gasteiger partial charge on any atom is -0.369 e. The second-order valence-corrected chi connectivity index (χ2v) is 4.90. The first kappa shape index (κ1) is 12.3. The van der Waals surface area contributed by atoms with E-state index in [0.29, 0.717) is 0 Å². The van der Waals surface area contributed by atoms with Gasteiger partial charge in [0.15, 0.2) is 0 Å². The molecule has 95 valence electrons. The van der Waals surface area contributed by atoms with Gasteiger partial charge in [-0.2, -0.15) is 0 Å². The topological polar surface area (TPSA) is 6.48 Å². The summed E-state index contributed by atoms with van der Waals surface area (Å²) in [5.74, 6) is 0. The van der Waals surface area contributed by atoms with Crippen LogP contribution in [-0.2, 0) is 0 Å². The Balaban J connectivity index is 1.55. The lowest BCUT2D eigenvalue weighted by Gasteiger charge is -2.36. The summed E-state index contributed by atoms with van der Waals surface area (Å²) in [4.78, 5) is 4.87. The van der Waals surface area contributed by atoms with Crippen LogP contribution in [0.5, 0.6) is 0 Å². The zero-order valence-electron chi connectivity index (χ0n) is 11.1. The predicted molar refractivity (Wildman–Crippen MR) is 82.1 cm³/mol. The molecule has 2 aromatic rings. The first-order chi connectivity index (χ1) is 9.42. The molecule has 2 aromatic carbocycles. The monoisotopic (exact) mass is 249 g/mol. The Morgan fingerprint density at radius 2 is 1.26 bits per heavy atom. The molecule has 1 saturated heterocycles. The van der Waals surface area contributed by atoms with E-state index >= 15 is 0 Å². The number of para-hydroxylation sites is 1. The molecule has 19 heavy (non-hydrogen) atoms. The normalized spacial score (nSPS) is 16.3. The van der Waals surface area contributed by atoms with Gasteiger partial charge in [0, 0.05) is 31.9 Å². The summed E-state index contributed by atoms with van der Waals surface area (Å²) in [6.07, 6.45) is 0. The van der Waals surface area contributed by atoms with Gasteiger partial charge < -0.3 is 9.71 Å². The Morgan fingerprint density at radius 3 is 1.89 bits per heavy atom. The Labute approximate surface area is 115 Å². The second kappa shape index (κ2) is 5.94. The average Bonchev–Trinajstić information content (AvgIpc) is 2.50. The van der Waals surface area contributed by atoms with Gasteiger partial charge in [0.2, 0.25) is 7.41 Å². The van der Waals surface area contributed by atoms with Crippen LogP contribution in [0.3, 0.4) is 0 Å². The van der Waals surface area contributed by atoms with E-state index in [0.717, 1.165) is 26.2 Å². The number of hydrogen-bond acceptors (Lipinski definition) is 2. The molecule has 2 nitrogen and oxygen atoms in total. The molecule has 0 atom stereocenters. The summed E-state index contributed by atoms with van der Waals surface area (Å²) >= 11 is 0. The van der Waals surface area contributed by atoms with E-state index in [1.807, 2.05) is 0 Å². The lowest BCUT2D eigenvalue weighted by Crippen LogP contribution is -2.50. The van der Waals surface area contributed by atoms with Crippen LogP contribution in [0, 0.1) is 0 Å². The average molecular weight is 249 g/mol. The summed E-state index contributed by atoms with van der Waals surface area (Å²) in [5.41, 5.74) is 2.62. The zero-order chi connectivity index (χ0) is 12.9. The zero-order valence-corrected chi connectivity index (χ0v) is 11.1. The Hall–Kier alpha value is -1.74. The minimum atomic E-state index is 1.09. The van der Waals surface area contributed by atoms with Crippen molar-refractivity contribution in [3.05, 3.63) is 60.7 Å². The van der Waals surface area contributed by atoms with Crippen molar-refractivity contribution in [1.29, 1.82) is 0 Å². The van der Waals surface area contributed by atoms with Gasteiger partial charge >= 0.3 is 0 Å². The fourth-order valence-corrected chi connectivity index (χ4v) is 2.50. The van der Waals surface area contributed by atoms with E-state index in [-0.39, 0.29) is 0 Å². The Morgan fingerprint density at radius 1 is 0.684 bits per heavy atom. The second-order valence-electron chi connectivity index (χ2n) is 4.90. The van der Waals surface area contributed by atoms with Crippen LogP contribution in [0.25, 0.3) is 0 Å². The largest absolute Gasteiger partial charge is 0.369 e. The van der Waals surface area contributed by atoms with E-state index in [4.69, 9.17) is 0 Å². The highest BCUT2D eigenvalue weighted by Gasteiger charge is 2.17. The summed E-state index contributed by atoms with van der Waals surface area (Å²) in [6.45, 7) is 4.36. The van der Waals surface area contributed by atoms with Crippen LogP contribution in [-0.4, -0.2) is 38.4 Å². The molecule has 1 radical (unpaired) electrons. The quantitative estimate of drug-likeness (QED) is 0.765. The summed E-state index contributed by atoms with van der Waals surface area (Å²) < 4.78 is 0. The highest BCUT2D eigenvalue weighted by atomic mass is 15.2. The molecule has 0 amide bonds. The van der Waals surface area contributed by atoms with Crippen molar-refractivity contribution in [3.8, 4) is 0 Å². The molecule has 0 aromatic heterocycles. The molecular formula is C16H18BN2. The minimum absolute atomic E-state index is 1.09. The van der Waals surface area contributed by atoms with Crippen LogP contribution >= 0.6 is 0 Å². The summed E-state index contributed by atoms with van der Waals surface area (Å²) in [5, 5.41) is 0. The van der Waals surface area contributed by atoms with E-state index in [1.54, 1.807) is 0 Å². The molecule has 1 aliphatic rings. The van der Waals surface area contributed by atoms with Crippen molar-refractivity contribution in [2.24, 2.45) is 0 Å². The molecule has 0 bridgehead atoms. The van der Waals surface area contributed by atoms with Gasteiger partial charge in [-0.05, 0) is 12.1 Å². The third kappa shape index (κ3) is 3.18. The molecule has 1 aliphatic heterocycles. The molecule has 0 saturated carbocycles. The molecule has 0 aliphatic carbocycles. The van der Waals surface area contributed by atoms with Gasteiger partial charge in [0.25, 0.3) is 0 Å². The van der Waals surface area contributed by atoms with Gasteiger partial charge in [0.05, 0.1) is 0 Å². The lowest BCUT2D eigenvalue weighted by atomic mass is 9.80. The summed E-state index contributed by atoms with van der Waals surface area (Å²) in [6, 6.07) is 21.2. The SMILES string of the molecule is [B](c1ccccc1)N1CCN(c2ccccc2)CC1. The lowest BCUT2D eigenvalue weighted by molar-refractivity contribution is 0.410. The third-order valence-corrected chi connectivity index (χ3v) is 3.57. The van der Waals surface area contributed by atoms with E-state index in [9.17, 15) is 0 Å². The van der Waals surface area contributed by atoms with Gasteiger partial charge in [-0.15, -0.1) is 0 Å². The summed E-state index contributed by atoms with van der Waals surface area (Å²) in [7, 11) is 2.27. The molecular weight excluding hydrogens is 231 g/mol. The molecule has 0 unspecified atom stereocenters. The smallest absolute Gasteiger partial charge is 0.247 e. The van der Waals surface area contributed by atoms with Crippen molar-refractivity contribution in [2.75, 3.05) is 31.1 Å². The standard InChI is InChI=1S/C16H18BN2/c1-3-7-15(8-4-1)17-19-13-11-18(12-14-19)16-9-5-2-6-10-16/h1-10H,11-14H2. The molecule has 0 spiro atoms. The number of nitrogens with zero attached hydrogens (tertiary/aromatic N) is 2. The van der Waals surface area contributed by atoms with E-state index in [2.05, 4.69) is 77.8 Å². The van der Waals surface area contributed by atoms with Crippen LogP contribution in [0.15, 0.2) is 60.7 Å². The Bertz CT molecular complexity index is 493. The van der Waals surface area contributed by atoms with Crippen molar-refractivity contribution in [3.63, 3.8) is 0 Å². The number of piperazine rings is 1. The molecule has 1 fully saturated rings. The van der Waals surface area contributed by atoms with Gasteiger partial charge in [-0.3, -0.25) is 0 Å². The van der Waals surface area contributed by atoms with Crippen molar-refractivity contribution in [2.45, 2.75) is 0 Å². The van der Waals surface area contributed by atoms with Gasteiger partial charge in [0.1, 0.15) is 0 Å². The molecule has 0 N–H and O–H groups in total. The highest BCUT2D eigenvalue weighted by Crippen LogP contribution is 2.14. The first-order valence-corrected chi connectivity index (χ1v) is 6.86. The van der Waals surface area contributed by atoms with Crippen LogP contribution in [0.1, 0.15) is 0 Å². The highest BCUT2D eigenvalue weighted by molar-refractivity contribution is 6.50. The maximum atomic E-state index is 2.45. The van der Waals surface area contributed by atoms with Crippen molar-refractivity contribution in [1.82, 2.24) is 4.81 Å². The molecule has 3 heteroatoms. The number of anilines is 1. The van der Waals surface area contributed by atoms with Crippen LogP contribution in [0.2, 0.25) is 0 Å². The maximum Gasteiger partial charge on any atom is 0.247 e. The fraction of sp³-hybridized carbons (Fsp3) is 0.250. The number of rotatable bonds is 3. The van der Waals surface area contributed by atoms with E-state index < -0.39 is 0 Å². The van der Waals surface area contributed by atoms with Gasteiger partial charge in [-0.25, -0.2) is 0 Å². The van der Waals surface area contributed by atoms with Crippen molar-refractivity contribution >= 4 is 18.6 Å².